The number of halogens is 1. The van der Waals surface area contributed by atoms with Gasteiger partial charge >= 0.3 is 5.97 Å². The van der Waals surface area contributed by atoms with Gasteiger partial charge in [-0.1, -0.05) is 11.6 Å². The van der Waals surface area contributed by atoms with Crippen molar-refractivity contribution in [3.8, 4) is 0 Å². The lowest BCUT2D eigenvalue weighted by molar-refractivity contribution is 0.0270. The third-order valence-corrected chi connectivity index (χ3v) is 5.07. The third-order valence-electron chi connectivity index (χ3n) is 4.83. The number of carbonyl (C=O) groups is 1. The number of fused-ring (bicyclic) bond motifs is 3. The number of esters is 1. The third kappa shape index (κ3) is 2.49. The van der Waals surface area contributed by atoms with E-state index in [1.165, 1.54) is 11.3 Å². The maximum absolute atomic E-state index is 12.4. The van der Waals surface area contributed by atoms with Crippen LogP contribution in [0, 0.1) is 6.92 Å². The zero-order valence-electron chi connectivity index (χ0n) is 13.6. The van der Waals surface area contributed by atoms with Gasteiger partial charge < -0.3 is 9.72 Å². The second kappa shape index (κ2) is 5.67. The summed E-state index contributed by atoms with van der Waals surface area (Å²) in [5.74, 6) is -0.299. The van der Waals surface area contributed by atoms with Crippen LogP contribution in [0.15, 0.2) is 24.4 Å². The van der Waals surface area contributed by atoms with Crippen molar-refractivity contribution in [2.45, 2.75) is 32.3 Å². The highest BCUT2D eigenvalue weighted by Gasteiger charge is 2.26. The van der Waals surface area contributed by atoms with Crippen molar-refractivity contribution in [3.05, 3.63) is 51.9 Å². The molecule has 1 unspecified atom stereocenters. The van der Waals surface area contributed by atoms with Crippen molar-refractivity contribution in [2.75, 3.05) is 0 Å². The highest BCUT2D eigenvalue weighted by Crippen LogP contribution is 2.32. The number of H-pyrrole nitrogens is 1. The summed E-state index contributed by atoms with van der Waals surface area (Å²) in [7, 11) is 1.81. The van der Waals surface area contributed by atoms with Crippen LogP contribution in [0.25, 0.3) is 10.9 Å². The number of benzene rings is 1. The van der Waals surface area contributed by atoms with Crippen molar-refractivity contribution in [1.29, 1.82) is 0 Å². The van der Waals surface area contributed by atoms with Crippen LogP contribution in [-0.4, -0.2) is 26.8 Å². The summed E-state index contributed by atoms with van der Waals surface area (Å²) < 4.78 is 7.42. The summed E-state index contributed by atoms with van der Waals surface area (Å²) in [6.07, 6.45) is 3.84. The van der Waals surface area contributed by atoms with Gasteiger partial charge in [0.2, 0.25) is 0 Å². The maximum atomic E-state index is 12.4. The summed E-state index contributed by atoms with van der Waals surface area (Å²) in [5.41, 5.74) is 4.86. The number of carbonyl (C=O) groups excluding carboxylic acids is 1. The Labute approximate surface area is 144 Å². The number of hydrogen-bond acceptors (Lipinski definition) is 3. The van der Waals surface area contributed by atoms with E-state index in [1.807, 2.05) is 32.2 Å². The number of ether oxygens (including phenoxy) is 1. The number of rotatable bonds is 2. The van der Waals surface area contributed by atoms with Crippen LogP contribution in [0.2, 0.25) is 5.02 Å². The van der Waals surface area contributed by atoms with Crippen LogP contribution in [0.1, 0.15) is 33.7 Å². The molecule has 1 N–H and O–H groups in total. The van der Waals surface area contributed by atoms with Gasteiger partial charge in [0.1, 0.15) is 11.7 Å². The molecule has 0 radical (unpaired) electrons. The molecule has 0 aliphatic heterocycles. The summed E-state index contributed by atoms with van der Waals surface area (Å²) in [5, 5.41) is 5.94. The van der Waals surface area contributed by atoms with Crippen molar-refractivity contribution in [1.82, 2.24) is 14.8 Å². The van der Waals surface area contributed by atoms with Crippen LogP contribution in [0.4, 0.5) is 0 Å². The minimum atomic E-state index is -0.299. The molecule has 2 aromatic heterocycles. The SMILES string of the molecule is Cc1c(C(=O)OC2CCc3[nH]c4ccc(Cl)cc4c3C2)cnn1C. The second-order valence-electron chi connectivity index (χ2n) is 6.31. The zero-order valence-corrected chi connectivity index (χ0v) is 14.4. The van der Waals surface area contributed by atoms with E-state index < -0.39 is 0 Å². The fourth-order valence-corrected chi connectivity index (χ4v) is 3.54. The lowest BCUT2D eigenvalue weighted by Crippen LogP contribution is -2.25. The first-order chi connectivity index (χ1) is 11.5. The Morgan fingerprint density at radius 2 is 2.29 bits per heavy atom. The first kappa shape index (κ1) is 15.3. The standard InChI is InChI=1S/C18H18ClN3O2/c1-10-15(9-20-22(10)2)18(23)24-12-4-6-17-14(8-12)13-7-11(19)3-5-16(13)21-17/h3,5,7,9,12,21H,4,6,8H2,1-2H3. The van der Waals surface area contributed by atoms with Crippen molar-refractivity contribution < 1.29 is 9.53 Å². The maximum Gasteiger partial charge on any atom is 0.341 e. The minimum absolute atomic E-state index is 0.123. The summed E-state index contributed by atoms with van der Waals surface area (Å²) in [4.78, 5) is 15.9. The van der Waals surface area contributed by atoms with Gasteiger partial charge in [0.15, 0.2) is 0 Å². The van der Waals surface area contributed by atoms with E-state index in [0.29, 0.717) is 12.0 Å². The zero-order chi connectivity index (χ0) is 16.8. The molecule has 24 heavy (non-hydrogen) atoms. The molecular weight excluding hydrogens is 326 g/mol. The second-order valence-corrected chi connectivity index (χ2v) is 6.75. The number of aryl methyl sites for hydroxylation is 2. The Balaban J connectivity index is 1.58. The summed E-state index contributed by atoms with van der Waals surface area (Å²) >= 11 is 6.13. The van der Waals surface area contributed by atoms with E-state index in [1.54, 1.807) is 10.9 Å². The van der Waals surface area contributed by atoms with E-state index in [4.69, 9.17) is 16.3 Å². The number of hydrogen-bond donors (Lipinski definition) is 1. The monoisotopic (exact) mass is 343 g/mol. The van der Waals surface area contributed by atoms with Gasteiger partial charge in [-0.25, -0.2) is 4.79 Å². The van der Waals surface area contributed by atoms with E-state index in [-0.39, 0.29) is 12.1 Å². The summed E-state index contributed by atoms with van der Waals surface area (Å²) in [6, 6.07) is 5.85. The van der Waals surface area contributed by atoms with Crippen LogP contribution in [-0.2, 0) is 24.6 Å². The number of aromatic amines is 1. The molecule has 1 aliphatic carbocycles. The van der Waals surface area contributed by atoms with E-state index >= 15 is 0 Å². The minimum Gasteiger partial charge on any atom is -0.458 e. The average Bonchev–Trinajstić information content (AvgIpc) is 3.08. The molecule has 1 aliphatic rings. The molecule has 0 saturated heterocycles. The highest BCUT2D eigenvalue weighted by atomic mass is 35.5. The van der Waals surface area contributed by atoms with E-state index in [9.17, 15) is 4.79 Å². The Kier molecular flexibility index (Phi) is 3.61. The molecule has 1 aromatic carbocycles. The topological polar surface area (TPSA) is 59.9 Å². The average molecular weight is 344 g/mol. The highest BCUT2D eigenvalue weighted by molar-refractivity contribution is 6.31. The Bertz CT molecular complexity index is 941. The molecular formula is C18H18ClN3O2. The molecule has 0 bridgehead atoms. The molecule has 124 valence electrons. The molecule has 5 nitrogen and oxygen atoms in total. The smallest absolute Gasteiger partial charge is 0.341 e. The van der Waals surface area contributed by atoms with Gasteiger partial charge in [-0.15, -0.1) is 0 Å². The Hall–Kier alpha value is -2.27. The van der Waals surface area contributed by atoms with Crippen molar-refractivity contribution >= 4 is 28.5 Å². The van der Waals surface area contributed by atoms with Crippen LogP contribution < -0.4 is 0 Å². The number of nitrogens with zero attached hydrogens (tertiary/aromatic N) is 2. The molecule has 0 amide bonds. The molecule has 4 rings (SSSR count). The van der Waals surface area contributed by atoms with Gasteiger partial charge in [0.25, 0.3) is 0 Å². The van der Waals surface area contributed by atoms with Crippen LogP contribution >= 0.6 is 11.6 Å². The summed E-state index contributed by atoms with van der Waals surface area (Å²) in [6.45, 7) is 1.87. The lowest BCUT2D eigenvalue weighted by atomic mass is 9.93. The molecule has 6 heteroatoms. The fourth-order valence-electron chi connectivity index (χ4n) is 3.37. The van der Waals surface area contributed by atoms with Crippen molar-refractivity contribution in [2.24, 2.45) is 7.05 Å². The largest absolute Gasteiger partial charge is 0.458 e. The van der Waals surface area contributed by atoms with Gasteiger partial charge in [0.05, 0.1) is 6.20 Å². The fraction of sp³-hybridized carbons (Fsp3) is 0.333. The Morgan fingerprint density at radius 3 is 3.04 bits per heavy atom. The molecule has 0 saturated carbocycles. The van der Waals surface area contributed by atoms with Crippen LogP contribution in [0.3, 0.4) is 0 Å². The van der Waals surface area contributed by atoms with Gasteiger partial charge in [-0.2, -0.15) is 5.10 Å². The molecule has 0 spiro atoms. The molecule has 0 fully saturated rings. The van der Waals surface area contributed by atoms with Crippen LogP contribution in [0.5, 0.6) is 0 Å². The van der Waals surface area contributed by atoms with E-state index in [2.05, 4.69) is 10.1 Å². The first-order valence-electron chi connectivity index (χ1n) is 8.01. The van der Waals surface area contributed by atoms with E-state index in [0.717, 1.165) is 34.5 Å². The molecule has 1 atom stereocenters. The predicted octanol–water partition coefficient (Wildman–Crippen LogP) is 3.58. The first-order valence-corrected chi connectivity index (χ1v) is 8.39. The van der Waals surface area contributed by atoms with Gasteiger partial charge in [0, 0.05) is 40.8 Å². The van der Waals surface area contributed by atoms with Gasteiger partial charge in [-0.05, 0) is 43.5 Å². The predicted molar refractivity (Wildman–Crippen MR) is 92.5 cm³/mol. The molecule has 3 aromatic rings. The van der Waals surface area contributed by atoms with Crippen molar-refractivity contribution in [3.63, 3.8) is 0 Å². The van der Waals surface area contributed by atoms with Gasteiger partial charge in [-0.3, -0.25) is 4.68 Å². The number of nitrogens with one attached hydrogen (secondary N) is 1. The lowest BCUT2D eigenvalue weighted by Gasteiger charge is -2.22. The normalized spacial score (nSPS) is 17.0. The quantitative estimate of drug-likeness (QED) is 0.723. The molecule has 2 heterocycles. The number of aromatic nitrogens is 3. The Morgan fingerprint density at radius 1 is 1.46 bits per heavy atom.